The van der Waals surface area contributed by atoms with Crippen LogP contribution in [0.5, 0.6) is 0 Å². The Morgan fingerprint density at radius 3 is 1.78 bits per heavy atom. The summed E-state index contributed by atoms with van der Waals surface area (Å²) in [5.74, 6) is 0. The van der Waals surface area contributed by atoms with Gasteiger partial charge in [-0.2, -0.15) is 0 Å². The number of nitrogens with zero attached hydrogens (tertiary/aromatic N) is 1. The van der Waals surface area contributed by atoms with E-state index in [1.165, 1.54) is 88.2 Å². The second-order valence-electron chi connectivity index (χ2n) is 14.9. The Balaban J connectivity index is 1.30. The van der Waals surface area contributed by atoms with Crippen LogP contribution in [0, 0.1) is 0 Å². The zero-order chi connectivity index (χ0) is 33.1. The van der Waals surface area contributed by atoms with Gasteiger partial charge in [0, 0.05) is 33.2 Å². The quantitative estimate of drug-likeness (QED) is 0.188. The third-order valence-corrected chi connectivity index (χ3v) is 11.6. The molecule has 10 rings (SSSR count). The molecule has 0 N–H and O–H groups in total. The lowest BCUT2D eigenvalue weighted by Gasteiger charge is -2.31. The predicted molar refractivity (Wildman–Crippen MR) is 209 cm³/mol. The molecule has 2 aliphatic rings. The fourth-order valence-electron chi connectivity index (χ4n) is 9.23. The molecule has 0 aromatic heterocycles. The Kier molecular flexibility index (Phi) is 5.75. The number of hydrogen-bond acceptors (Lipinski definition) is 1. The van der Waals surface area contributed by atoms with Gasteiger partial charge in [-0.25, -0.2) is 0 Å². The van der Waals surface area contributed by atoms with Gasteiger partial charge in [-0.15, -0.1) is 0 Å². The summed E-state index contributed by atoms with van der Waals surface area (Å²) in [6.07, 6.45) is 0. The van der Waals surface area contributed by atoms with Crippen molar-refractivity contribution in [3.63, 3.8) is 0 Å². The second kappa shape index (κ2) is 9.94. The number of para-hydroxylation sites is 1. The SMILES string of the molecule is CC1(C)c2cc(N(c3ccccc3)c3c4c(cc5ccccc35)C(C)(C)c3c-4ccc4ccccc34)ccc2-c2c1ccc1ccccc21. The minimum atomic E-state index is -0.171. The highest BCUT2D eigenvalue weighted by Gasteiger charge is 2.41. The van der Waals surface area contributed by atoms with Gasteiger partial charge in [0.2, 0.25) is 0 Å². The van der Waals surface area contributed by atoms with Crippen molar-refractivity contribution in [1.29, 1.82) is 0 Å². The molecule has 8 aromatic carbocycles. The summed E-state index contributed by atoms with van der Waals surface area (Å²) >= 11 is 0. The molecule has 0 amide bonds. The summed E-state index contributed by atoms with van der Waals surface area (Å²) < 4.78 is 0. The zero-order valence-corrected chi connectivity index (χ0v) is 28.4. The lowest BCUT2D eigenvalue weighted by Crippen LogP contribution is -2.18. The molecule has 49 heavy (non-hydrogen) atoms. The molecule has 0 radical (unpaired) electrons. The van der Waals surface area contributed by atoms with Gasteiger partial charge in [-0.3, -0.25) is 0 Å². The van der Waals surface area contributed by atoms with E-state index in [2.05, 4.69) is 184 Å². The Morgan fingerprint density at radius 2 is 1.00 bits per heavy atom. The predicted octanol–water partition coefficient (Wildman–Crippen LogP) is 13.2. The summed E-state index contributed by atoms with van der Waals surface area (Å²) in [5, 5.41) is 7.78. The van der Waals surface area contributed by atoms with Crippen molar-refractivity contribution in [2.24, 2.45) is 0 Å². The topological polar surface area (TPSA) is 3.24 Å². The Bertz CT molecular complexity index is 2660. The van der Waals surface area contributed by atoms with Crippen molar-refractivity contribution < 1.29 is 0 Å². The van der Waals surface area contributed by atoms with Crippen LogP contribution in [0.1, 0.15) is 49.9 Å². The van der Waals surface area contributed by atoms with Crippen molar-refractivity contribution >= 4 is 49.4 Å². The van der Waals surface area contributed by atoms with Crippen LogP contribution in [-0.2, 0) is 10.8 Å². The molecule has 234 valence electrons. The van der Waals surface area contributed by atoms with Crippen LogP contribution in [0.3, 0.4) is 0 Å². The van der Waals surface area contributed by atoms with E-state index in [-0.39, 0.29) is 10.8 Å². The van der Waals surface area contributed by atoms with Gasteiger partial charge in [0.15, 0.2) is 0 Å². The van der Waals surface area contributed by atoms with E-state index < -0.39 is 0 Å². The first kappa shape index (κ1) is 28.4. The molecule has 0 saturated carbocycles. The zero-order valence-electron chi connectivity index (χ0n) is 28.4. The van der Waals surface area contributed by atoms with E-state index in [9.17, 15) is 0 Å². The fraction of sp³-hybridized carbons (Fsp3) is 0.125. The van der Waals surface area contributed by atoms with Gasteiger partial charge in [0.1, 0.15) is 0 Å². The summed E-state index contributed by atoms with van der Waals surface area (Å²) in [7, 11) is 0. The van der Waals surface area contributed by atoms with Gasteiger partial charge in [-0.05, 0) is 96.2 Å². The van der Waals surface area contributed by atoms with E-state index in [4.69, 9.17) is 0 Å². The average molecular weight is 628 g/mol. The van der Waals surface area contributed by atoms with Crippen LogP contribution in [0.15, 0.2) is 152 Å². The smallest absolute Gasteiger partial charge is 0.0621 e. The first-order valence-corrected chi connectivity index (χ1v) is 17.5. The summed E-state index contributed by atoms with van der Waals surface area (Å²) in [6, 6.07) is 56.7. The van der Waals surface area contributed by atoms with Gasteiger partial charge < -0.3 is 4.90 Å². The molecule has 8 aromatic rings. The number of fused-ring (bicyclic) bond motifs is 11. The molecule has 0 fully saturated rings. The largest absolute Gasteiger partial charge is 0.309 e. The minimum Gasteiger partial charge on any atom is -0.309 e. The van der Waals surface area contributed by atoms with Gasteiger partial charge >= 0.3 is 0 Å². The molecule has 1 nitrogen and oxygen atoms in total. The summed E-state index contributed by atoms with van der Waals surface area (Å²) in [5.41, 5.74) is 14.3. The third kappa shape index (κ3) is 3.82. The van der Waals surface area contributed by atoms with E-state index in [0.717, 1.165) is 5.69 Å². The number of benzene rings is 8. The van der Waals surface area contributed by atoms with E-state index >= 15 is 0 Å². The Labute approximate surface area is 288 Å². The molecule has 2 aliphatic carbocycles. The maximum atomic E-state index is 2.54. The van der Waals surface area contributed by atoms with Crippen LogP contribution >= 0.6 is 0 Å². The highest BCUT2D eigenvalue weighted by molar-refractivity contribution is 6.12. The third-order valence-electron chi connectivity index (χ3n) is 11.6. The van der Waals surface area contributed by atoms with Crippen LogP contribution in [0.2, 0.25) is 0 Å². The van der Waals surface area contributed by atoms with Crippen molar-refractivity contribution in [1.82, 2.24) is 0 Å². The van der Waals surface area contributed by atoms with Gasteiger partial charge in [0.25, 0.3) is 0 Å². The average Bonchev–Trinajstić information content (AvgIpc) is 3.51. The van der Waals surface area contributed by atoms with Crippen LogP contribution in [0.4, 0.5) is 17.1 Å². The molecule has 0 unspecified atom stereocenters. The van der Waals surface area contributed by atoms with E-state index in [1.807, 2.05) is 0 Å². The van der Waals surface area contributed by atoms with Gasteiger partial charge in [0.05, 0.1) is 5.69 Å². The lowest BCUT2D eigenvalue weighted by molar-refractivity contribution is 0.661. The minimum absolute atomic E-state index is 0.138. The van der Waals surface area contributed by atoms with Crippen molar-refractivity contribution in [3.05, 3.63) is 174 Å². The maximum absolute atomic E-state index is 2.54. The Hall–Kier alpha value is -5.66. The lowest BCUT2D eigenvalue weighted by atomic mass is 9.79. The first-order valence-electron chi connectivity index (χ1n) is 17.5. The molecule has 1 heteroatoms. The first-order chi connectivity index (χ1) is 23.8. The van der Waals surface area contributed by atoms with E-state index in [1.54, 1.807) is 0 Å². The standard InChI is InChI=1S/C48H37N/c1-47(2)40-27-23-30-14-8-11-19-35(30)43(40)38-26-24-34(29-41(38)47)49(33-17-6-5-7-18-33)46-37-21-13-10-16-32(37)28-42-44(46)39-25-22-31-15-9-12-20-36(31)45(39)48(42,3)4/h5-29H,1-4H3. The molecular weight excluding hydrogens is 591 g/mol. The second-order valence-corrected chi connectivity index (χ2v) is 14.9. The highest BCUT2D eigenvalue weighted by atomic mass is 15.1. The molecule has 0 heterocycles. The number of hydrogen-bond donors (Lipinski definition) is 0. The molecular formula is C48H37N. The summed E-state index contributed by atoms with van der Waals surface area (Å²) in [4.78, 5) is 2.54. The number of rotatable bonds is 3. The maximum Gasteiger partial charge on any atom is 0.0621 e. The van der Waals surface area contributed by atoms with Crippen LogP contribution < -0.4 is 4.90 Å². The van der Waals surface area contributed by atoms with E-state index in [0.29, 0.717) is 0 Å². The van der Waals surface area contributed by atoms with Gasteiger partial charge in [-0.1, -0.05) is 149 Å². The van der Waals surface area contributed by atoms with Crippen LogP contribution in [0.25, 0.3) is 54.6 Å². The monoisotopic (exact) mass is 627 g/mol. The fourth-order valence-corrected chi connectivity index (χ4v) is 9.23. The Morgan fingerprint density at radius 1 is 0.388 bits per heavy atom. The molecule has 0 atom stereocenters. The molecule has 0 saturated heterocycles. The number of anilines is 3. The van der Waals surface area contributed by atoms with Crippen molar-refractivity contribution in [2.45, 2.75) is 38.5 Å². The molecule has 0 spiro atoms. The summed E-state index contributed by atoms with van der Waals surface area (Å²) in [6.45, 7) is 9.61. The molecule has 0 bridgehead atoms. The normalized spacial score (nSPS) is 14.9. The highest BCUT2D eigenvalue weighted by Crippen LogP contribution is 2.59. The van der Waals surface area contributed by atoms with Crippen LogP contribution in [-0.4, -0.2) is 0 Å². The van der Waals surface area contributed by atoms with Crippen molar-refractivity contribution in [2.75, 3.05) is 4.90 Å². The molecule has 0 aliphatic heterocycles. The van der Waals surface area contributed by atoms with Crippen molar-refractivity contribution in [3.8, 4) is 22.3 Å².